The predicted molar refractivity (Wildman–Crippen MR) is 117 cm³/mol. The van der Waals surface area contributed by atoms with Gasteiger partial charge in [-0.15, -0.1) is 0 Å². The largest absolute Gasteiger partial charge is 0.322 e. The summed E-state index contributed by atoms with van der Waals surface area (Å²) < 4.78 is 0. The Morgan fingerprint density at radius 3 is 2.17 bits per heavy atom. The van der Waals surface area contributed by atoms with Crippen LogP contribution in [0.15, 0.2) is 77.9 Å². The van der Waals surface area contributed by atoms with Gasteiger partial charge in [0.15, 0.2) is 0 Å². The Labute approximate surface area is 178 Å². The van der Waals surface area contributed by atoms with Crippen LogP contribution in [0.1, 0.15) is 33.2 Å². The molecule has 3 aromatic carbocycles. The Morgan fingerprint density at radius 2 is 1.45 bits per heavy atom. The van der Waals surface area contributed by atoms with Gasteiger partial charge in [-0.2, -0.15) is 5.10 Å². The van der Waals surface area contributed by atoms with E-state index in [1.165, 1.54) is 0 Å². The summed E-state index contributed by atoms with van der Waals surface area (Å²) in [5, 5.41) is 8.01. The van der Waals surface area contributed by atoms with Crippen LogP contribution >= 0.6 is 23.2 Å². The van der Waals surface area contributed by atoms with Crippen LogP contribution in [0.3, 0.4) is 0 Å². The Bertz CT molecular complexity index is 1080. The minimum Gasteiger partial charge on any atom is -0.322 e. The number of carbonyl (C=O) groups excluding carboxylic acids is 2. The zero-order valence-electron chi connectivity index (χ0n) is 15.4. The standard InChI is InChI=1S/C22H17Cl2N3O2/c1-14(26-27-22(29)15-8-10-18(23)11-9-15)16-4-3-7-20(13-16)25-21(28)17-5-2-6-19(24)12-17/h2-13H,1H3,(H,25,28)(H,27,29)/b26-14-. The molecule has 0 aliphatic heterocycles. The summed E-state index contributed by atoms with van der Waals surface area (Å²) in [7, 11) is 0. The molecule has 3 rings (SSSR count). The molecule has 0 bridgehead atoms. The monoisotopic (exact) mass is 425 g/mol. The van der Waals surface area contributed by atoms with Crippen molar-refractivity contribution >= 4 is 46.4 Å². The number of rotatable bonds is 5. The molecule has 0 aliphatic rings. The van der Waals surface area contributed by atoms with Crippen LogP contribution in [-0.2, 0) is 0 Å². The SMILES string of the molecule is C/C(=N/NC(=O)c1ccc(Cl)cc1)c1cccc(NC(=O)c2cccc(Cl)c2)c1. The van der Waals surface area contributed by atoms with Gasteiger partial charge in [0.2, 0.25) is 0 Å². The molecule has 2 N–H and O–H groups in total. The summed E-state index contributed by atoms with van der Waals surface area (Å²) in [6, 6.07) is 20.4. The summed E-state index contributed by atoms with van der Waals surface area (Å²) in [6.45, 7) is 1.76. The molecule has 0 heterocycles. The first-order valence-electron chi connectivity index (χ1n) is 8.70. The number of halogens is 2. The van der Waals surface area contributed by atoms with Gasteiger partial charge in [-0.25, -0.2) is 5.43 Å². The van der Waals surface area contributed by atoms with E-state index in [2.05, 4.69) is 15.8 Å². The molecule has 0 radical (unpaired) electrons. The van der Waals surface area contributed by atoms with Crippen molar-refractivity contribution in [3.05, 3.63) is 99.5 Å². The lowest BCUT2D eigenvalue weighted by Gasteiger charge is -2.08. The fourth-order valence-electron chi connectivity index (χ4n) is 2.52. The van der Waals surface area contributed by atoms with Gasteiger partial charge in [0.1, 0.15) is 0 Å². The van der Waals surface area contributed by atoms with E-state index in [-0.39, 0.29) is 11.8 Å². The molecule has 3 aromatic rings. The molecule has 5 nitrogen and oxygen atoms in total. The van der Waals surface area contributed by atoms with Gasteiger partial charge in [0.25, 0.3) is 11.8 Å². The lowest BCUT2D eigenvalue weighted by atomic mass is 10.1. The third-order valence-electron chi connectivity index (χ3n) is 4.06. The summed E-state index contributed by atoms with van der Waals surface area (Å²) in [4.78, 5) is 24.5. The number of nitrogens with zero attached hydrogens (tertiary/aromatic N) is 1. The van der Waals surface area contributed by atoms with Gasteiger partial charge in [-0.05, 0) is 67.1 Å². The van der Waals surface area contributed by atoms with Crippen LogP contribution < -0.4 is 10.7 Å². The second kappa shape index (κ2) is 9.37. The average Bonchev–Trinajstić information content (AvgIpc) is 2.72. The molecule has 0 spiro atoms. The first-order chi connectivity index (χ1) is 13.9. The Morgan fingerprint density at radius 1 is 0.759 bits per heavy atom. The smallest absolute Gasteiger partial charge is 0.271 e. The number of carbonyl (C=O) groups is 2. The van der Waals surface area contributed by atoms with E-state index in [0.29, 0.717) is 32.6 Å². The fourth-order valence-corrected chi connectivity index (χ4v) is 2.84. The molecule has 0 saturated heterocycles. The van der Waals surface area contributed by atoms with E-state index < -0.39 is 0 Å². The van der Waals surface area contributed by atoms with Gasteiger partial charge in [0, 0.05) is 26.9 Å². The summed E-state index contributed by atoms with van der Waals surface area (Å²) in [5.41, 5.74) is 5.37. The second-order valence-corrected chi connectivity index (χ2v) is 7.06. The highest BCUT2D eigenvalue weighted by Crippen LogP contribution is 2.16. The minimum absolute atomic E-state index is 0.268. The summed E-state index contributed by atoms with van der Waals surface area (Å²) >= 11 is 11.8. The molecule has 29 heavy (non-hydrogen) atoms. The van der Waals surface area contributed by atoms with E-state index >= 15 is 0 Å². The molecule has 0 aliphatic carbocycles. The van der Waals surface area contributed by atoms with Crippen molar-refractivity contribution in [2.75, 3.05) is 5.32 Å². The molecule has 7 heteroatoms. The Hall–Kier alpha value is -3.15. The van der Waals surface area contributed by atoms with Gasteiger partial charge in [-0.1, -0.05) is 41.4 Å². The normalized spacial score (nSPS) is 11.1. The molecule has 0 aromatic heterocycles. The lowest BCUT2D eigenvalue weighted by Crippen LogP contribution is -2.19. The van der Waals surface area contributed by atoms with Crippen LogP contribution in [0.2, 0.25) is 10.0 Å². The first kappa shape index (κ1) is 20.6. The third kappa shape index (κ3) is 5.67. The number of benzene rings is 3. The topological polar surface area (TPSA) is 70.6 Å². The van der Waals surface area contributed by atoms with Crippen molar-refractivity contribution in [1.29, 1.82) is 0 Å². The molecular formula is C22H17Cl2N3O2. The number of anilines is 1. The summed E-state index contributed by atoms with van der Waals surface area (Å²) in [6.07, 6.45) is 0. The molecular weight excluding hydrogens is 409 g/mol. The fraction of sp³-hybridized carbons (Fsp3) is 0.0455. The van der Waals surface area contributed by atoms with Gasteiger partial charge in [-0.3, -0.25) is 9.59 Å². The number of hydrogen-bond donors (Lipinski definition) is 2. The molecule has 0 atom stereocenters. The lowest BCUT2D eigenvalue weighted by molar-refractivity contribution is 0.0954. The van der Waals surface area contributed by atoms with Crippen LogP contribution in [-0.4, -0.2) is 17.5 Å². The highest BCUT2D eigenvalue weighted by Gasteiger charge is 2.08. The zero-order chi connectivity index (χ0) is 20.8. The van der Waals surface area contributed by atoms with E-state index in [1.54, 1.807) is 73.7 Å². The van der Waals surface area contributed by atoms with E-state index in [4.69, 9.17) is 23.2 Å². The highest BCUT2D eigenvalue weighted by atomic mass is 35.5. The Kier molecular flexibility index (Phi) is 6.65. The first-order valence-corrected chi connectivity index (χ1v) is 9.45. The highest BCUT2D eigenvalue weighted by molar-refractivity contribution is 6.31. The van der Waals surface area contributed by atoms with Crippen LogP contribution in [0, 0.1) is 0 Å². The van der Waals surface area contributed by atoms with E-state index in [0.717, 1.165) is 5.56 Å². The predicted octanol–water partition coefficient (Wildman–Crippen LogP) is 5.40. The number of amides is 2. The Balaban J connectivity index is 1.69. The van der Waals surface area contributed by atoms with Crippen molar-refractivity contribution < 1.29 is 9.59 Å². The number of hydrazone groups is 1. The van der Waals surface area contributed by atoms with Crippen LogP contribution in [0.5, 0.6) is 0 Å². The maximum absolute atomic E-state index is 12.4. The van der Waals surface area contributed by atoms with Crippen molar-refractivity contribution in [3.8, 4) is 0 Å². The van der Waals surface area contributed by atoms with E-state index in [9.17, 15) is 9.59 Å². The second-order valence-electron chi connectivity index (χ2n) is 6.19. The zero-order valence-corrected chi connectivity index (χ0v) is 17.0. The summed E-state index contributed by atoms with van der Waals surface area (Å²) in [5.74, 6) is -0.610. The average molecular weight is 426 g/mol. The maximum Gasteiger partial charge on any atom is 0.271 e. The molecule has 0 fully saturated rings. The maximum atomic E-state index is 12.4. The van der Waals surface area contributed by atoms with Gasteiger partial charge in [0.05, 0.1) is 5.71 Å². The quantitative estimate of drug-likeness (QED) is 0.424. The van der Waals surface area contributed by atoms with Crippen molar-refractivity contribution in [3.63, 3.8) is 0 Å². The third-order valence-corrected chi connectivity index (χ3v) is 4.54. The number of hydrogen-bond acceptors (Lipinski definition) is 3. The van der Waals surface area contributed by atoms with Crippen molar-refractivity contribution in [1.82, 2.24) is 5.43 Å². The molecule has 0 saturated carbocycles. The van der Waals surface area contributed by atoms with Crippen molar-refractivity contribution in [2.45, 2.75) is 6.92 Å². The van der Waals surface area contributed by atoms with Crippen LogP contribution in [0.25, 0.3) is 0 Å². The van der Waals surface area contributed by atoms with Crippen LogP contribution in [0.4, 0.5) is 5.69 Å². The van der Waals surface area contributed by atoms with Crippen molar-refractivity contribution in [2.24, 2.45) is 5.10 Å². The van der Waals surface area contributed by atoms with Gasteiger partial charge >= 0.3 is 0 Å². The molecule has 2 amide bonds. The van der Waals surface area contributed by atoms with E-state index in [1.807, 2.05) is 6.07 Å². The van der Waals surface area contributed by atoms with Gasteiger partial charge < -0.3 is 5.32 Å². The number of nitrogens with one attached hydrogen (secondary N) is 2. The minimum atomic E-state index is -0.341. The molecule has 146 valence electrons. The molecule has 0 unspecified atom stereocenters.